The molecule has 33 heavy (non-hydrogen) atoms. The van der Waals surface area contributed by atoms with Crippen LogP contribution in [0, 0.1) is 5.92 Å². The Kier molecular flexibility index (Phi) is 9.99. The number of rotatable bonds is 12. The van der Waals surface area contributed by atoms with Crippen molar-refractivity contribution in [2.24, 2.45) is 5.92 Å². The first-order valence-electron chi connectivity index (χ1n) is 12.8. The molecule has 2 atom stereocenters. The number of benzene rings is 2. The zero-order chi connectivity index (χ0) is 23.5. The summed E-state index contributed by atoms with van der Waals surface area (Å²) in [6.45, 7) is 5.40. The predicted molar refractivity (Wildman–Crippen MR) is 135 cm³/mol. The van der Waals surface area contributed by atoms with E-state index in [1.807, 2.05) is 23.1 Å². The van der Waals surface area contributed by atoms with Gasteiger partial charge < -0.3 is 10.2 Å². The van der Waals surface area contributed by atoms with Crippen molar-refractivity contribution in [3.8, 4) is 0 Å². The molecule has 2 unspecified atom stereocenters. The van der Waals surface area contributed by atoms with Crippen molar-refractivity contribution in [1.29, 1.82) is 0 Å². The number of carbonyl (C=O) groups is 2. The molecule has 178 valence electrons. The predicted octanol–water partition coefficient (Wildman–Crippen LogP) is 5.86. The molecule has 1 aliphatic carbocycles. The molecular formula is C29H40N2O2. The summed E-state index contributed by atoms with van der Waals surface area (Å²) in [5.41, 5.74) is 3.82. The molecule has 1 N–H and O–H groups in total. The SMILES string of the molecule is CCCCC(CC)C(=O)N(CCC(=O)NC1CCCc2ccccc21)CCc1ccccc1. The Balaban J connectivity index is 1.61. The average molecular weight is 449 g/mol. The quantitative estimate of drug-likeness (QED) is 0.442. The van der Waals surface area contributed by atoms with Crippen LogP contribution in [0.2, 0.25) is 0 Å². The van der Waals surface area contributed by atoms with Crippen LogP contribution >= 0.6 is 0 Å². The summed E-state index contributed by atoms with van der Waals surface area (Å²) >= 11 is 0. The molecule has 0 spiro atoms. The maximum absolute atomic E-state index is 13.4. The Bertz CT molecular complexity index is 880. The minimum absolute atomic E-state index is 0.0378. The zero-order valence-electron chi connectivity index (χ0n) is 20.4. The van der Waals surface area contributed by atoms with E-state index in [2.05, 4.69) is 55.6 Å². The highest BCUT2D eigenvalue weighted by atomic mass is 16.2. The van der Waals surface area contributed by atoms with Gasteiger partial charge in [0.1, 0.15) is 0 Å². The number of fused-ring (bicyclic) bond motifs is 1. The molecule has 0 radical (unpaired) electrons. The fraction of sp³-hybridized carbons (Fsp3) is 0.517. The van der Waals surface area contributed by atoms with Crippen LogP contribution in [0.1, 0.15) is 81.5 Å². The van der Waals surface area contributed by atoms with Gasteiger partial charge in [-0.2, -0.15) is 0 Å². The summed E-state index contributed by atoms with van der Waals surface area (Å²) in [4.78, 5) is 28.2. The molecule has 0 saturated carbocycles. The second kappa shape index (κ2) is 13.2. The van der Waals surface area contributed by atoms with E-state index < -0.39 is 0 Å². The lowest BCUT2D eigenvalue weighted by Crippen LogP contribution is -2.40. The molecule has 0 saturated heterocycles. The molecule has 2 aromatic carbocycles. The monoisotopic (exact) mass is 448 g/mol. The highest BCUT2D eigenvalue weighted by Crippen LogP contribution is 2.29. The van der Waals surface area contributed by atoms with Crippen molar-refractivity contribution in [2.45, 2.75) is 77.7 Å². The van der Waals surface area contributed by atoms with E-state index in [-0.39, 0.29) is 23.8 Å². The lowest BCUT2D eigenvalue weighted by molar-refractivity contribution is -0.136. The molecule has 0 aromatic heterocycles. The fourth-order valence-corrected chi connectivity index (χ4v) is 4.86. The van der Waals surface area contributed by atoms with Gasteiger partial charge in [-0.3, -0.25) is 9.59 Å². The Morgan fingerprint density at radius 1 is 1.03 bits per heavy atom. The van der Waals surface area contributed by atoms with E-state index in [0.717, 1.165) is 51.4 Å². The van der Waals surface area contributed by atoms with E-state index in [4.69, 9.17) is 0 Å². The van der Waals surface area contributed by atoms with Gasteiger partial charge in [-0.05, 0) is 55.2 Å². The molecule has 4 nitrogen and oxygen atoms in total. The van der Waals surface area contributed by atoms with Crippen LogP contribution in [-0.2, 0) is 22.4 Å². The molecule has 2 aromatic rings. The summed E-state index contributed by atoms with van der Waals surface area (Å²) in [6.07, 6.45) is 8.27. The maximum atomic E-state index is 13.4. The maximum Gasteiger partial charge on any atom is 0.225 e. The van der Waals surface area contributed by atoms with E-state index >= 15 is 0 Å². The van der Waals surface area contributed by atoms with E-state index in [9.17, 15) is 9.59 Å². The number of nitrogens with one attached hydrogen (secondary N) is 1. The Labute approximate surface area is 199 Å². The van der Waals surface area contributed by atoms with Gasteiger partial charge in [0.15, 0.2) is 0 Å². The third-order valence-corrected chi connectivity index (χ3v) is 6.89. The highest BCUT2D eigenvalue weighted by molar-refractivity contribution is 5.81. The zero-order valence-corrected chi connectivity index (χ0v) is 20.4. The number of carbonyl (C=O) groups excluding carboxylic acids is 2. The Morgan fingerprint density at radius 2 is 1.79 bits per heavy atom. The van der Waals surface area contributed by atoms with E-state index in [1.54, 1.807) is 0 Å². The lowest BCUT2D eigenvalue weighted by Gasteiger charge is -2.29. The van der Waals surface area contributed by atoms with Gasteiger partial charge in [-0.1, -0.05) is 81.3 Å². The van der Waals surface area contributed by atoms with Crippen LogP contribution in [-0.4, -0.2) is 29.8 Å². The van der Waals surface area contributed by atoms with Gasteiger partial charge in [0, 0.05) is 25.4 Å². The normalized spacial score (nSPS) is 16.0. The number of amides is 2. The van der Waals surface area contributed by atoms with Gasteiger partial charge in [-0.25, -0.2) is 0 Å². The molecule has 3 rings (SSSR count). The van der Waals surface area contributed by atoms with Gasteiger partial charge in [0.05, 0.1) is 6.04 Å². The van der Waals surface area contributed by atoms with E-state index in [0.29, 0.717) is 19.5 Å². The van der Waals surface area contributed by atoms with Crippen LogP contribution in [0.15, 0.2) is 54.6 Å². The topological polar surface area (TPSA) is 49.4 Å². The summed E-state index contributed by atoms with van der Waals surface area (Å²) < 4.78 is 0. The first-order valence-corrected chi connectivity index (χ1v) is 12.8. The first-order chi connectivity index (χ1) is 16.1. The highest BCUT2D eigenvalue weighted by Gasteiger charge is 2.25. The molecule has 2 amide bonds. The van der Waals surface area contributed by atoms with Gasteiger partial charge >= 0.3 is 0 Å². The summed E-state index contributed by atoms with van der Waals surface area (Å²) in [5, 5.41) is 3.24. The fourth-order valence-electron chi connectivity index (χ4n) is 4.86. The van der Waals surface area contributed by atoms with Crippen LogP contribution in [0.25, 0.3) is 0 Å². The van der Waals surface area contributed by atoms with Crippen molar-refractivity contribution < 1.29 is 9.59 Å². The molecule has 0 heterocycles. The minimum atomic E-state index is 0.0378. The van der Waals surface area contributed by atoms with Crippen LogP contribution in [0.5, 0.6) is 0 Å². The summed E-state index contributed by atoms with van der Waals surface area (Å²) in [6, 6.07) is 18.8. The third-order valence-electron chi connectivity index (χ3n) is 6.89. The average Bonchev–Trinajstić information content (AvgIpc) is 2.85. The third kappa shape index (κ3) is 7.45. The summed E-state index contributed by atoms with van der Waals surface area (Å²) in [5.74, 6) is 0.294. The molecule has 0 fully saturated rings. The molecule has 0 bridgehead atoms. The van der Waals surface area contributed by atoms with Crippen molar-refractivity contribution >= 4 is 11.8 Å². The standard InChI is InChI=1S/C29H40N2O2/c1-3-5-14-24(4-2)29(33)31(21-19-23-12-7-6-8-13-23)22-20-28(32)30-27-18-11-16-25-15-9-10-17-26(25)27/h6-10,12-13,15,17,24,27H,3-5,11,14,16,18-22H2,1-2H3,(H,30,32). The minimum Gasteiger partial charge on any atom is -0.349 e. The number of nitrogens with zero attached hydrogens (tertiary/aromatic N) is 1. The van der Waals surface area contributed by atoms with Crippen LogP contribution < -0.4 is 5.32 Å². The molecule has 4 heteroatoms. The number of unbranched alkanes of at least 4 members (excludes halogenated alkanes) is 1. The molecule has 1 aliphatic rings. The Morgan fingerprint density at radius 3 is 2.55 bits per heavy atom. The van der Waals surface area contributed by atoms with Crippen molar-refractivity contribution in [2.75, 3.05) is 13.1 Å². The van der Waals surface area contributed by atoms with Gasteiger partial charge in [0.2, 0.25) is 11.8 Å². The smallest absolute Gasteiger partial charge is 0.225 e. The van der Waals surface area contributed by atoms with Crippen LogP contribution in [0.3, 0.4) is 0 Å². The number of hydrogen-bond donors (Lipinski definition) is 1. The largest absolute Gasteiger partial charge is 0.349 e. The van der Waals surface area contributed by atoms with Gasteiger partial charge in [0.25, 0.3) is 0 Å². The molecule has 0 aliphatic heterocycles. The second-order valence-corrected chi connectivity index (χ2v) is 9.27. The van der Waals surface area contributed by atoms with Crippen molar-refractivity contribution in [3.05, 3.63) is 71.3 Å². The number of hydrogen-bond acceptors (Lipinski definition) is 2. The first kappa shape index (κ1) is 25.0. The number of aryl methyl sites for hydroxylation is 1. The Hall–Kier alpha value is -2.62. The summed E-state index contributed by atoms with van der Waals surface area (Å²) in [7, 11) is 0. The second-order valence-electron chi connectivity index (χ2n) is 9.27. The van der Waals surface area contributed by atoms with Crippen molar-refractivity contribution in [1.82, 2.24) is 10.2 Å². The van der Waals surface area contributed by atoms with Crippen molar-refractivity contribution in [3.63, 3.8) is 0 Å². The van der Waals surface area contributed by atoms with E-state index in [1.165, 1.54) is 16.7 Å². The van der Waals surface area contributed by atoms with Crippen LogP contribution in [0.4, 0.5) is 0 Å². The van der Waals surface area contributed by atoms with Gasteiger partial charge in [-0.15, -0.1) is 0 Å². The lowest BCUT2D eigenvalue weighted by atomic mass is 9.87. The molecular weight excluding hydrogens is 408 g/mol.